The van der Waals surface area contributed by atoms with Gasteiger partial charge >= 0.3 is 0 Å². The van der Waals surface area contributed by atoms with Crippen LogP contribution in [-0.4, -0.2) is 17.9 Å². The van der Waals surface area contributed by atoms with Gasteiger partial charge in [-0.05, 0) is 6.92 Å². The Hall–Kier alpha value is -1.06. The number of primary amides is 1. The van der Waals surface area contributed by atoms with Crippen LogP contribution in [0.3, 0.4) is 0 Å². The van der Waals surface area contributed by atoms with Crippen molar-refractivity contribution in [1.82, 2.24) is 5.32 Å². The third-order valence-electron chi connectivity index (χ3n) is 1.46. The van der Waals surface area contributed by atoms with Gasteiger partial charge in [0.25, 0.3) is 0 Å². The minimum absolute atomic E-state index is 0.172. The summed E-state index contributed by atoms with van der Waals surface area (Å²) in [6.07, 6.45) is 0. The second-order valence-corrected chi connectivity index (χ2v) is 3.85. The highest BCUT2D eigenvalue weighted by molar-refractivity contribution is 5.88. The number of amides is 2. The lowest BCUT2D eigenvalue weighted by atomic mass is 9.95. The number of rotatable bonds is 2. The fourth-order valence-corrected chi connectivity index (χ4v) is 0.484. The van der Waals surface area contributed by atoms with Gasteiger partial charge < -0.3 is 11.1 Å². The summed E-state index contributed by atoms with van der Waals surface area (Å²) in [5.74, 6) is -0.693. The lowest BCUT2D eigenvalue weighted by Gasteiger charge is -2.19. The van der Waals surface area contributed by atoms with Gasteiger partial charge in [0.15, 0.2) is 0 Å². The number of hydrogen-bond acceptors (Lipinski definition) is 2. The summed E-state index contributed by atoms with van der Waals surface area (Å²) in [5, 5.41) is 2.51. The average molecular weight is 172 g/mol. The fourth-order valence-electron chi connectivity index (χ4n) is 0.484. The largest absolute Gasteiger partial charge is 0.368 e. The van der Waals surface area contributed by atoms with Crippen molar-refractivity contribution in [1.29, 1.82) is 0 Å². The van der Waals surface area contributed by atoms with E-state index in [1.54, 1.807) is 27.7 Å². The first kappa shape index (κ1) is 10.9. The molecule has 4 nitrogen and oxygen atoms in total. The summed E-state index contributed by atoms with van der Waals surface area (Å²) in [4.78, 5) is 21.8. The van der Waals surface area contributed by atoms with Crippen LogP contribution in [0.1, 0.15) is 27.7 Å². The standard InChI is InChI=1S/C8H16N2O2/c1-5(6(9)11)10-7(12)8(2,3)4/h5H,1-4H3,(H2,9,11)(H,10,12). The smallest absolute Gasteiger partial charge is 0.239 e. The van der Waals surface area contributed by atoms with Crippen molar-refractivity contribution < 1.29 is 9.59 Å². The molecule has 1 unspecified atom stereocenters. The third-order valence-corrected chi connectivity index (χ3v) is 1.46. The zero-order valence-electron chi connectivity index (χ0n) is 7.97. The molecule has 1 atom stereocenters. The number of nitrogens with two attached hydrogens (primary N) is 1. The van der Waals surface area contributed by atoms with Crippen molar-refractivity contribution >= 4 is 11.8 Å². The van der Waals surface area contributed by atoms with Gasteiger partial charge in [0.1, 0.15) is 6.04 Å². The van der Waals surface area contributed by atoms with Crippen LogP contribution in [0.5, 0.6) is 0 Å². The van der Waals surface area contributed by atoms with E-state index in [1.165, 1.54) is 0 Å². The van der Waals surface area contributed by atoms with E-state index >= 15 is 0 Å². The van der Waals surface area contributed by atoms with Gasteiger partial charge in [0.05, 0.1) is 0 Å². The molecule has 3 N–H and O–H groups in total. The Morgan fingerprint density at radius 1 is 1.33 bits per heavy atom. The molecule has 2 amide bonds. The molecule has 0 aliphatic heterocycles. The summed E-state index contributed by atoms with van der Waals surface area (Å²) in [5.41, 5.74) is 4.49. The van der Waals surface area contributed by atoms with E-state index in [2.05, 4.69) is 5.32 Å². The van der Waals surface area contributed by atoms with Crippen LogP contribution in [-0.2, 0) is 9.59 Å². The maximum atomic E-state index is 11.3. The van der Waals surface area contributed by atoms with Gasteiger partial charge in [0, 0.05) is 5.41 Å². The first-order chi connectivity index (χ1) is 5.25. The molecule has 0 rings (SSSR count). The summed E-state index contributed by atoms with van der Waals surface area (Å²) in [7, 11) is 0. The number of carbonyl (C=O) groups excluding carboxylic acids is 2. The van der Waals surface area contributed by atoms with E-state index in [0.717, 1.165) is 0 Å². The molecule has 0 aromatic rings. The van der Waals surface area contributed by atoms with Crippen LogP contribution in [0, 0.1) is 5.41 Å². The molecule has 0 heterocycles. The first-order valence-electron chi connectivity index (χ1n) is 3.85. The Morgan fingerprint density at radius 3 is 2.00 bits per heavy atom. The molecule has 0 bridgehead atoms. The summed E-state index contributed by atoms with van der Waals surface area (Å²) in [6.45, 7) is 6.88. The molecule has 0 spiro atoms. The van der Waals surface area contributed by atoms with Gasteiger partial charge in [-0.1, -0.05) is 20.8 Å². The Morgan fingerprint density at radius 2 is 1.75 bits per heavy atom. The Kier molecular flexibility index (Phi) is 3.24. The van der Waals surface area contributed by atoms with E-state index in [-0.39, 0.29) is 5.91 Å². The number of hydrogen-bond donors (Lipinski definition) is 2. The molecular weight excluding hydrogens is 156 g/mol. The number of carbonyl (C=O) groups is 2. The predicted octanol–water partition coefficient (Wildman–Crippen LogP) is 0.0225. The third kappa shape index (κ3) is 3.37. The van der Waals surface area contributed by atoms with Crippen molar-refractivity contribution in [2.45, 2.75) is 33.7 Å². The Balaban J connectivity index is 4.11. The van der Waals surface area contributed by atoms with Crippen molar-refractivity contribution in [2.75, 3.05) is 0 Å². The first-order valence-corrected chi connectivity index (χ1v) is 3.85. The van der Waals surface area contributed by atoms with Crippen LogP contribution >= 0.6 is 0 Å². The molecular formula is C8H16N2O2. The van der Waals surface area contributed by atoms with E-state index < -0.39 is 17.4 Å². The molecule has 0 aromatic heterocycles. The SMILES string of the molecule is CC(NC(=O)C(C)(C)C)C(N)=O. The van der Waals surface area contributed by atoms with Crippen molar-refractivity contribution in [3.05, 3.63) is 0 Å². The highest BCUT2D eigenvalue weighted by Gasteiger charge is 2.23. The van der Waals surface area contributed by atoms with Gasteiger partial charge in [-0.15, -0.1) is 0 Å². The highest BCUT2D eigenvalue weighted by Crippen LogP contribution is 2.12. The molecule has 12 heavy (non-hydrogen) atoms. The molecule has 4 heteroatoms. The van der Waals surface area contributed by atoms with Crippen molar-refractivity contribution in [3.8, 4) is 0 Å². The second-order valence-electron chi connectivity index (χ2n) is 3.85. The monoisotopic (exact) mass is 172 g/mol. The van der Waals surface area contributed by atoms with Crippen molar-refractivity contribution in [2.24, 2.45) is 11.1 Å². The Bertz CT molecular complexity index is 194. The normalized spacial score (nSPS) is 13.7. The molecule has 0 radical (unpaired) electrons. The van der Waals surface area contributed by atoms with E-state index in [4.69, 9.17) is 5.73 Å². The molecule has 0 saturated heterocycles. The molecule has 0 aliphatic carbocycles. The molecule has 0 aromatic carbocycles. The lowest BCUT2D eigenvalue weighted by molar-refractivity contribution is -0.132. The van der Waals surface area contributed by atoms with Crippen molar-refractivity contribution in [3.63, 3.8) is 0 Å². The molecule has 0 fully saturated rings. The van der Waals surface area contributed by atoms with E-state index in [0.29, 0.717) is 0 Å². The zero-order valence-corrected chi connectivity index (χ0v) is 7.97. The van der Waals surface area contributed by atoms with Gasteiger partial charge in [-0.25, -0.2) is 0 Å². The second kappa shape index (κ2) is 3.56. The maximum Gasteiger partial charge on any atom is 0.239 e. The average Bonchev–Trinajstić information content (AvgIpc) is 1.85. The molecule has 0 aliphatic rings. The molecule has 0 saturated carbocycles. The zero-order chi connectivity index (χ0) is 9.94. The minimum atomic E-state index is -0.600. The Labute approximate surface area is 72.5 Å². The topological polar surface area (TPSA) is 72.2 Å². The summed E-state index contributed by atoms with van der Waals surface area (Å²) < 4.78 is 0. The lowest BCUT2D eigenvalue weighted by Crippen LogP contribution is -2.46. The van der Waals surface area contributed by atoms with Crippen LogP contribution in [0.4, 0.5) is 0 Å². The van der Waals surface area contributed by atoms with Gasteiger partial charge in [-0.2, -0.15) is 0 Å². The van der Waals surface area contributed by atoms with E-state index in [9.17, 15) is 9.59 Å². The van der Waals surface area contributed by atoms with E-state index in [1.807, 2.05) is 0 Å². The van der Waals surface area contributed by atoms with Crippen LogP contribution in [0.15, 0.2) is 0 Å². The van der Waals surface area contributed by atoms with Crippen LogP contribution in [0.2, 0.25) is 0 Å². The quantitative estimate of drug-likeness (QED) is 0.616. The predicted molar refractivity (Wildman–Crippen MR) is 46.3 cm³/mol. The fraction of sp³-hybridized carbons (Fsp3) is 0.750. The van der Waals surface area contributed by atoms with Gasteiger partial charge in [0.2, 0.25) is 11.8 Å². The number of nitrogens with one attached hydrogen (secondary N) is 1. The summed E-state index contributed by atoms with van der Waals surface area (Å²) in [6, 6.07) is -0.600. The maximum absolute atomic E-state index is 11.3. The summed E-state index contributed by atoms with van der Waals surface area (Å²) >= 11 is 0. The van der Waals surface area contributed by atoms with Gasteiger partial charge in [-0.3, -0.25) is 9.59 Å². The van der Waals surface area contributed by atoms with Crippen LogP contribution in [0.25, 0.3) is 0 Å². The molecule has 70 valence electrons. The minimum Gasteiger partial charge on any atom is -0.368 e. The van der Waals surface area contributed by atoms with Crippen LogP contribution < -0.4 is 11.1 Å². The highest BCUT2D eigenvalue weighted by atomic mass is 16.2.